The summed E-state index contributed by atoms with van der Waals surface area (Å²) in [4.78, 5) is 49.0. The molecule has 4 bridgehead atoms. The van der Waals surface area contributed by atoms with Crippen molar-refractivity contribution in [1.82, 2.24) is 16.0 Å². The molecule has 2 unspecified atom stereocenters. The maximum Gasteiger partial charge on any atom is 0.407 e. The van der Waals surface area contributed by atoms with Crippen LogP contribution in [0.25, 0.3) is 0 Å². The SMILES string of the molecule is CC(C)C[C@H](NC(=O)OCC12C[C@@H]3C[C@@H](CC(O)(C3)C1)C2)C(=O)N[C@H](C=O)C[C@@H]1CCNC1=O. The number of hydrogen-bond acceptors (Lipinski definition) is 6. The van der Waals surface area contributed by atoms with E-state index in [0.29, 0.717) is 43.9 Å². The lowest BCUT2D eigenvalue weighted by Gasteiger charge is -2.59. The number of ether oxygens (including phenoxy) is 1. The summed E-state index contributed by atoms with van der Waals surface area (Å²) in [5.74, 6) is 0.274. The van der Waals surface area contributed by atoms with Crippen molar-refractivity contribution in [3.8, 4) is 0 Å². The van der Waals surface area contributed by atoms with E-state index in [0.717, 1.165) is 32.1 Å². The van der Waals surface area contributed by atoms with Gasteiger partial charge in [0.05, 0.1) is 18.2 Å². The monoisotopic (exact) mass is 477 g/mol. The van der Waals surface area contributed by atoms with Gasteiger partial charge in [0.15, 0.2) is 0 Å². The quantitative estimate of drug-likeness (QED) is 0.354. The summed E-state index contributed by atoms with van der Waals surface area (Å²) in [5.41, 5.74) is -0.791. The Labute approximate surface area is 201 Å². The van der Waals surface area contributed by atoms with Gasteiger partial charge in [0.25, 0.3) is 0 Å². The molecule has 190 valence electrons. The second-order valence-corrected chi connectivity index (χ2v) is 11.9. The number of rotatable bonds is 10. The van der Waals surface area contributed by atoms with E-state index in [1.165, 1.54) is 0 Å². The first-order valence-electron chi connectivity index (χ1n) is 12.8. The van der Waals surface area contributed by atoms with Gasteiger partial charge in [0.1, 0.15) is 12.3 Å². The van der Waals surface area contributed by atoms with Crippen LogP contribution in [0.15, 0.2) is 0 Å². The number of nitrogens with one attached hydrogen (secondary N) is 3. The fourth-order valence-corrected chi connectivity index (χ4v) is 7.28. The molecule has 9 nitrogen and oxygen atoms in total. The van der Waals surface area contributed by atoms with Gasteiger partial charge in [-0.05, 0) is 75.5 Å². The summed E-state index contributed by atoms with van der Waals surface area (Å²) in [6, 6.07) is -1.63. The van der Waals surface area contributed by atoms with E-state index >= 15 is 0 Å². The van der Waals surface area contributed by atoms with Crippen LogP contribution in [0.4, 0.5) is 4.79 Å². The number of alkyl carbamates (subject to hydrolysis) is 1. The van der Waals surface area contributed by atoms with Gasteiger partial charge in [0, 0.05) is 17.9 Å². The normalized spacial score (nSPS) is 35.5. The number of hydrogen-bond donors (Lipinski definition) is 4. The highest BCUT2D eigenvalue weighted by Gasteiger charge is 2.57. The van der Waals surface area contributed by atoms with E-state index in [4.69, 9.17) is 4.74 Å². The van der Waals surface area contributed by atoms with Crippen molar-refractivity contribution >= 4 is 24.2 Å². The summed E-state index contributed by atoms with van der Waals surface area (Å²) >= 11 is 0. The van der Waals surface area contributed by atoms with Crippen LogP contribution in [0, 0.1) is 29.1 Å². The zero-order chi connectivity index (χ0) is 24.5. The molecule has 5 fully saturated rings. The summed E-state index contributed by atoms with van der Waals surface area (Å²) in [5, 5.41) is 19.0. The lowest BCUT2D eigenvalue weighted by atomic mass is 9.48. The van der Waals surface area contributed by atoms with Crippen LogP contribution in [0.2, 0.25) is 0 Å². The second kappa shape index (κ2) is 9.84. The Balaban J connectivity index is 1.31. The zero-order valence-corrected chi connectivity index (χ0v) is 20.3. The molecule has 0 spiro atoms. The van der Waals surface area contributed by atoms with Gasteiger partial charge in [-0.1, -0.05) is 13.8 Å². The standard InChI is InChI=1S/C25H39N3O6/c1-15(2)5-20(22(31)27-19(12-29)7-18-3-4-26-21(18)30)28-23(32)34-14-24-8-16-6-17(9-24)11-25(33,10-16)13-24/h12,15-20,33H,3-11,13-14H2,1-2H3,(H,26,30)(H,27,31)(H,28,32)/t16-,17+,18-,19-,20-,24?,25?/m0/s1. The molecular weight excluding hydrogens is 438 g/mol. The predicted molar refractivity (Wildman–Crippen MR) is 124 cm³/mol. The molecular formula is C25H39N3O6. The van der Waals surface area contributed by atoms with Crippen molar-refractivity contribution in [2.45, 2.75) is 89.3 Å². The lowest BCUT2D eigenvalue weighted by Crippen LogP contribution is -2.57. The van der Waals surface area contributed by atoms with Crippen LogP contribution in [0.5, 0.6) is 0 Å². The van der Waals surface area contributed by atoms with Crippen LogP contribution < -0.4 is 16.0 Å². The molecule has 0 aromatic carbocycles. The van der Waals surface area contributed by atoms with Gasteiger partial charge in [0.2, 0.25) is 11.8 Å². The molecule has 3 amide bonds. The van der Waals surface area contributed by atoms with Crippen LogP contribution in [-0.2, 0) is 19.1 Å². The zero-order valence-electron chi connectivity index (χ0n) is 20.3. The van der Waals surface area contributed by atoms with E-state index in [9.17, 15) is 24.3 Å². The van der Waals surface area contributed by atoms with E-state index in [1.807, 2.05) is 13.8 Å². The number of aliphatic hydroxyl groups is 1. The number of aldehydes is 1. The summed E-state index contributed by atoms with van der Waals surface area (Å²) < 4.78 is 5.62. The first-order valence-corrected chi connectivity index (χ1v) is 12.8. The minimum Gasteiger partial charge on any atom is -0.449 e. The van der Waals surface area contributed by atoms with Crippen molar-refractivity contribution in [1.29, 1.82) is 0 Å². The van der Waals surface area contributed by atoms with E-state index in [1.54, 1.807) is 0 Å². The maximum atomic E-state index is 12.9. The summed E-state index contributed by atoms with van der Waals surface area (Å²) in [7, 11) is 0. The third-order valence-corrected chi connectivity index (χ3v) is 8.17. The third-order valence-electron chi connectivity index (χ3n) is 8.17. The van der Waals surface area contributed by atoms with E-state index < -0.39 is 29.7 Å². The number of amides is 3. The van der Waals surface area contributed by atoms with Crippen molar-refractivity contribution in [3.63, 3.8) is 0 Å². The smallest absolute Gasteiger partial charge is 0.407 e. The Bertz CT molecular complexity index is 800. The first-order chi connectivity index (χ1) is 16.1. The molecule has 7 atom stereocenters. The Morgan fingerprint density at radius 2 is 1.91 bits per heavy atom. The molecule has 5 aliphatic rings. The largest absolute Gasteiger partial charge is 0.449 e. The Morgan fingerprint density at radius 1 is 1.21 bits per heavy atom. The van der Waals surface area contributed by atoms with Crippen LogP contribution >= 0.6 is 0 Å². The molecule has 34 heavy (non-hydrogen) atoms. The second-order valence-electron chi connectivity index (χ2n) is 11.9. The minimum atomic E-state index is -0.840. The molecule has 1 aliphatic heterocycles. The van der Waals surface area contributed by atoms with Crippen molar-refractivity contribution in [3.05, 3.63) is 0 Å². The first kappa shape index (κ1) is 24.9. The highest BCUT2D eigenvalue weighted by Crippen LogP contribution is 2.61. The van der Waals surface area contributed by atoms with Crippen molar-refractivity contribution in [2.75, 3.05) is 13.2 Å². The topological polar surface area (TPSA) is 134 Å². The molecule has 9 heteroatoms. The summed E-state index contributed by atoms with van der Waals surface area (Å²) in [6.07, 6.45) is 6.77. The third kappa shape index (κ3) is 5.73. The summed E-state index contributed by atoms with van der Waals surface area (Å²) in [6.45, 7) is 4.72. The van der Waals surface area contributed by atoms with Gasteiger partial charge >= 0.3 is 6.09 Å². The average molecular weight is 478 g/mol. The Kier molecular flexibility index (Phi) is 7.22. The molecule has 4 saturated carbocycles. The van der Waals surface area contributed by atoms with Gasteiger partial charge in [-0.25, -0.2) is 4.79 Å². The van der Waals surface area contributed by atoms with Gasteiger partial charge in [-0.3, -0.25) is 9.59 Å². The average Bonchev–Trinajstić information content (AvgIpc) is 3.13. The van der Waals surface area contributed by atoms with E-state index in [2.05, 4.69) is 16.0 Å². The van der Waals surface area contributed by atoms with Crippen molar-refractivity contribution in [2.24, 2.45) is 29.1 Å². The lowest BCUT2D eigenvalue weighted by molar-refractivity contribution is -0.175. The van der Waals surface area contributed by atoms with Gasteiger partial charge in [-0.15, -0.1) is 0 Å². The molecule has 4 aliphatic carbocycles. The fraction of sp³-hybridized carbons (Fsp3) is 0.840. The van der Waals surface area contributed by atoms with Gasteiger partial charge < -0.3 is 30.6 Å². The molecule has 4 N–H and O–H groups in total. The molecule has 1 heterocycles. The Hall–Kier alpha value is -2.16. The molecule has 0 aromatic rings. The van der Waals surface area contributed by atoms with Crippen LogP contribution in [0.3, 0.4) is 0 Å². The highest BCUT2D eigenvalue weighted by molar-refractivity contribution is 5.88. The van der Waals surface area contributed by atoms with Crippen LogP contribution in [0.1, 0.15) is 71.6 Å². The highest BCUT2D eigenvalue weighted by atomic mass is 16.5. The molecule has 0 radical (unpaired) electrons. The van der Waals surface area contributed by atoms with Crippen molar-refractivity contribution < 1.29 is 29.0 Å². The molecule has 5 rings (SSSR count). The maximum absolute atomic E-state index is 12.9. The fourth-order valence-electron chi connectivity index (χ4n) is 7.28. The number of carbonyl (C=O) groups excluding carboxylic acids is 4. The van der Waals surface area contributed by atoms with E-state index in [-0.39, 0.29) is 36.2 Å². The predicted octanol–water partition coefficient (Wildman–Crippen LogP) is 1.67. The molecule has 0 aromatic heterocycles. The minimum absolute atomic E-state index is 0.101. The number of carbonyl (C=O) groups is 4. The van der Waals surface area contributed by atoms with Crippen LogP contribution in [-0.4, -0.2) is 60.1 Å². The van der Waals surface area contributed by atoms with Gasteiger partial charge in [-0.2, -0.15) is 0 Å². The Morgan fingerprint density at radius 3 is 2.47 bits per heavy atom. The molecule has 1 saturated heterocycles.